The van der Waals surface area contributed by atoms with Crippen LogP contribution < -0.4 is 5.32 Å². The van der Waals surface area contributed by atoms with E-state index in [9.17, 15) is 0 Å². The van der Waals surface area contributed by atoms with E-state index in [4.69, 9.17) is 0 Å². The van der Waals surface area contributed by atoms with E-state index in [1.165, 1.54) is 11.1 Å². The second-order valence-corrected chi connectivity index (χ2v) is 5.28. The molecule has 0 spiro atoms. The summed E-state index contributed by atoms with van der Waals surface area (Å²) in [5.74, 6) is 0.566. The molecule has 0 aliphatic carbocycles. The first-order valence-corrected chi connectivity index (χ1v) is 7.67. The Hall–Kier alpha value is -1.60. The van der Waals surface area contributed by atoms with Crippen LogP contribution in [0.2, 0.25) is 0 Å². The summed E-state index contributed by atoms with van der Waals surface area (Å²) < 4.78 is 0. The Kier molecular flexibility index (Phi) is 5.82. The van der Waals surface area contributed by atoms with Crippen molar-refractivity contribution >= 4 is 0 Å². The minimum Gasteiger partial charge on any atom is -0.313 e. The van der Waals surface area contributed by atoms with Crippen molar-refractivity contribution in [3.8, 4) is 0 Å². The van der Waals surface area contributed by atoms with Crippen molar-refractivity contribution in [1.29, 1.82) is 0 Å². The molecule has 2 aromatic rings. The monoisotopic (exact) mass is 267 g/mol. The highest BCUT2D eigenvalue weighted by Crippen LogP contribution is 2.25. The number of likely N-dealkylation sites (N-methyl/N-ethyl adjacent to an activating group) is 1. The van der Waals surface area contributed by atoms with Gasteiger partial charge in [-0.3, -0.25) is 0 Å². The lowest BCUT2D eigenvalue weighted by Gasteiger charge is -2.27. The standard InChI is InChI=1S/C19H25N/c1-3-18(17-13-9-6-10-14-17)19(20-4-2)15-16-11-7-5-8-12-16/h5-14,18-20H,3-4,15H2,1-2H3. The molecule has 0 fully saturated rings. The van der Waals surface area contributed by atoms with Crippen LogP contribution in [0.15, 0.2) is 60.7 Å². The zero-order valence-corrected chi connectivity index (χ0v) is 12.5. The zero-order valence-electron chi connectivity index (χ0n) is 12.5. The molecule has 2 rings (SSSR count). The highest BCUT2D eigenvalue weighted by atomic mass is 14.9. The average Bonchev–Trinajstić information content (AvgIpc) is 2.50. The first-order valence-electron chi connectivity index (χ1n) is 7.67. The largest absolute Gasteiger partial charge is 0.313 e. The summed E-state index contributed by atoms with van der Waals surface area (Å²) in [4.78, 5) is 0. The molecule has 0 aliphatic heterocycles. The molecule has 0 heterocycles. The Morgan fingerprint density at radius 2 is 1.45 bits per heavy atom. The molecule has 106 valence electrons. The number of hydrogen-bond acceptors (Lipinski definition) is 1. The van der Waals surface area contributed by atoms with Crippen molar-refractivity contribution in [2.24, 2.45) is 0 Å². The normalized spacial score (nSPS) is 13.9. The summed E-state index contributed by atoms with van der Waals surface area (Å²) in [6, 6.07) is 22.2. The molecule has 0 aromatic heterocycles. The van der Waals surface area contributed by atoms with E-state index < -0.39 is 0 Å². The van der Waals surface area contributed by atoms with E-state index in [1.54, 1.807) is 0 Å². The van der Waals surface area contributed by atoms with Crippen LogP contribution in [0.25, 0.3) is 0 Å². The van der Waals surface area contributed by atoms with Gasteiger partial charge in [-0.15, -0.1) is 0 Å². The van der Waals surface area contributed by atoms with E-state index in [0.29, 0.717) is 12.0 Å². The highest BCUT2D eigenvalue weighted by molar-refractivity contribution is 5.23. The molecule has 2 unspecified atom stereocenters. The smallest absolute Gasteiger partial charge is 0.0176 e. The van der Waals surface area contributed by atoms with Crippen LogP contribution in [0.5, 0.6) is 0 Å². The van der Waals surface area contributed by atoms with Gasteiger partial charge in [-0.2, -0.15) is 0 Å². The minimum absolute atomic E-state index is 0.495. The molecule has 1 N–H and O–H groups in total. The van der Waals surface area contributed by atoms with Gasteiger partial charge in [0, 0.05) is 6.04 Å². The zero-order chi connectivity index (χ0) is 14.2. The Labute approximate surface area is 123 Å². The topological polar surface area (TPSA) is 12.0 Å². The van der Waals surface area contributed by atoms with E-state index in [0.717, 1.165) is 19.4 Å². The summed E-state index contributed by atoms with van der Waals surface area (Å²) in [6.45, 7) is 5.49. The molecule has 0 bridgehead atoms. The fourth-order valence-electron chi connectivity index (χ4n) is 2.94. The van der Waals surface area contributed by atoms with Crippen molar-refractivity contribution in [2.45, 2.75) is 38.6 Å². The van der Waals surface area contributed by atoms with Gasteiger partial charge < -0.3 is 5.32 Å². The summed E-state index contributed by atoms with van der Waals surface area (Å²) >= 11 is 0. The van der Waals surface area contributed by atoms with Crippen LogP contribution >= 0.6 is 0 Å². The molecule has 0 saturated heterocycles. The van der Waals surface area contributed by atoms with Crippen molar-refractivity contribution < 1.29 is 0 Å². The summed E-state index contributed by atoms with van der Waals surface area (Å²) in [5, 5.41) is 3.68. The maximum atomic E-state index is 3.68. The van der Waals surface area contributed by atoms with E-state index in [1.807, 2.05) is 0 Å². The molecule has 0 amide bonds. The van der Waals surface area contributed by atoms with Gasteiger partial charge in [0.2, 0.25) is 0 Å². The third kappa shape index (κ3) is 3.94. The first-order chi connectivity index (χ1) is 9.85. The maximum absolute atomic E-state index is 3.68. The van der Waals surface area contributed by atoms with Gasteiger partial charge in [0.1, 0.15) is 0 Å². The first kappa shape index (κ1) is 14.8. The summed E-state index contributed by atoms with van der Waals surface area (Å²) in [7, 11) is 0. The van der Waals surface area contributed by atoms with Crippen LogP contribution in [0.3, 0.4) is 0 Å². The fourth-order valence-corrected chi connectivity index (χ4v) is 2.94. The van der Waals surface area contributed by atoms with Gasteiger partial charge in [0.15, 0.2) is 0 Å². The van der Waals surface area contributed by atoms with Gasteiger partial charge in [0.05, 0.1) is 0 Å². The minimum atomic E-state index is 0.495. The summed E-state index contributed by atoms with van der Waals surface area (Å²) in [6.07, 6.45) is 2.25. The van der Waals surface area contributed by atoms with Gasteiger partial charge in [0.25, 0.3) is 0 Å². The van der Waals surface area contributed by atoms with Gasteiger partial charge in [-0.05, 0) is 36.4 Å². The lowest BCUT2D eigenvalue weighted by atomic mass is 9.85. The van der Waals surface area contributed by atoms with Gasteiger partial charge in [-0.1, -0.05) is 74.5 Å². The fraction of sp³-hybridized carbons (Fsp3) is 0.368. The van der Waals surface area contributed by atoms with E-state index in [-0.39, 0.29) is 0 Å². The molecule has 2 atom stereocenters. The van der Waals surface area contributed by atoms with Gasteiger partial charge >= 0.3 is 0 Å². The predicted octanol–water partition coefficient (Wildman–Crippen LogP) is 4.40. The Morgan fingerprint density at radius 3 is 2.00 bits per heavy atom. The van der Waals surface area contributed by atoms with Crippen molar-refractivity contribution in [3.63, 3.8) is 0 Å². The SMILES string of the molecule is CCNC(Cc1ccccc1)C(CC)c1ccccc1. The molecule has 2 aromatic carbocycles. The van der Waals surface area contributed by atoms with Crippen molar-refractivity contribution in [3.05, 3.63) is 71.8 Å². The van der Waals surface area contributed by atoms with E-state index >= 15 is 0 Å². The Bertz CT molecular complexity index is 478. The van der Waals surface area contributed by atoms with Crippen molar-refractivity contribution in [2.75, 3.05) is 6.54 Å². The molecule has 1 heteroatoms. The van der Waals surface area contributed by atoms with Crippen LogP contribution in [0, 0.1) is 0 Å². The predicted molar refractivity (Wildman–Crippen MR) is 87.1 cm³/mol. The molecule has 0 aliphatic rings. The van der Waals surface area contributed by atoms with Crippen molar-refractivity contribution in [1.82, 2.24) is 5.32 Å². The maximum Gasteiger partial charge on any atom is 0.0176 e. The van der Waals surface area contributed by atoms with Crippen LogP contribution in [-0.2, 0) is 6.42 Å². The van der Waals surface area contributed by atoms with Crippen LogP contribution in [0.4, 0.5) is 0 Å². The number of nitrogens with one attached hydrogen (secondary N) is 1. The number of hydrogen-bond donors (Lipinski definition) is 1. The second-order valence-electron chi connectivity index (χ2n) is 5.28. The molecular formula is C19H25N. The number of benzene rings is 2. The lowest BCUT2D eigenvalue weighted by molar-refractivity contribution is 0.428. The Morgan fingerprint density at radius 1 is 0.850 bits per heavy atom. The molecule has 0 saturated carbocycles. The number of rotatable bonds is 7. The average molecular weight is 267 g/mol. The quantitative estimate of drug-likeness (QED) is 0.784. The van der Waals surface area contributed by atoms with Crippen LogP contribution in [-0.4, -0.2) is 12.6 Å². The molecule has 20 heavy (non-hydrogen) atoms. The van der Waals surface area contributed by atoms with Gasteiger partial charge in [-0.25, -0.2) is 0 Å². The molecule has 1 nitrogen and oxygen atoms in total. The lowest BCUT2D eigenvalue weighted by Crippen LogP contribution is -2.36. The van der Waals surface area contributed by atoms with Crippen LogP contribution in [0.1, 0.15) is 37.3 Å². The third-order valence-electron chi connectivity index (χ3n) is 3.92. The second kappa shape index (κ2) is 7.86. The molecule has 0 radical (unpaired) electrons. The highest BCUT2D eigenvalue weighted by Gasteiger charge is 2.20. The summed E-state index contributed by atoms with van der Waals surface area (Å²) in [5.41, 5.74) is 2.85. The molecular weight excluding hydrogens is 242 g/mol. The van der Waals surface area contributed by atoms with E-state index in [2.05, 4.69) is 79.8 Å². The third-order valence-corrected chi connectivity index (χ3v) is 3.92. The Balaban J connectivity index is 2.17.